The summed E-state index contributed by atoms with van der Waals surface area (Å²) in [4.78, 5) is 0. The number of rotatable bonds is 15. The minimum atomic E-state index is 0.633. The molecule has 0 atom stereocenters. The van der Waals surface area contributed by atoms with Crippen molar-refractivity contribution in [3.05, 3.63) is 47.7 Å². The fourth-order valence-electron chi connectivity index (χ4n) is 2.52. The molecule has 0 saturated heterocycles. The second kappa shape index (κ2) is 15.5. The van der Waals surface area contributed by atoms with Gasteiger partial charge in [-0.15, -0.1) is 0 Å². The Hall–Kier alpha value is -1.74. The molecule has 0 aliphatic carbocycles. The molecule has 0 aliphatic heterocycles. The van der Waals surface area contributed by atoms with E-state index in [1.54, 1.807) is 0 Å². The van der Waals surface area contributed by atoms with Crippen LogP contribution >= 0.6 is 0 Å². The Bertz CT molecular complexity index is 520. The summed E-state index contributed by atoms with van der Waals surface area (Å²) >= 11 is 0. The number of hydrogen-bond acceptors (Lipinski definition) is 3. The lowest BCUT2D eigenvalue weighted by Crippen LogP contribution is -2.00. The van der Waals surface area contributed by atoms with Crippen molar-refractivity contribution in [2.75, 3.05) is 19.8 Å². The lowest BCUT2D eigenvalue weighted by atomic mass is 10.1. The van der Waals surface area contributed by atoms with E-state index in [2.05, 4.69) is 38.1 Å². The van der Waals surface area contributed by atoms with Gasteiger partial charge in [0, 0.05) is 6.61 Å². The van der Waals surface area contributed by atoms with Crippen LogP contribution in [0, 0.1) is 0 Å². The summed E-state index contributed by atoms with van der Waals surface area (Å²) in [5.41, 5.74) is 2.39. The Morgan fingerprint density at radius 2 is 1.77 bits per heavy atom. The molecule has 0 radical (unpaired) electrons. The zero-order valence-electron chi connectivity index (χ0n) is 16.8. The summed E-state index contributed by atoms with van der Waals surface area (Å²) < 4.78 is 17.0. The van der Waals surface area contributed by atoms with Crippen molar-refractivity contribution >= 4 is 6.08 Å². The summed E-state index contributed by atoms with van der Waals surface area (Å²) in [6, 6.07) is 6.25. The molecule has 0 bridgehead atoms. The van der Waals surface area contributed by atoms with Crippen LogP contribution in [0.2, 0.25) is 0 Å². The Balaban J connectivity index is 2.25. The predicted octanol–water partition coefficient (Wildman–Crippen LogP) is 6.53. The molecule has 3 nitrogen and oxygen atoms in total. The zero-order valence-corrected chi connectivity index (χ0v) is 16.8. The van der Waals surface area contributed by atoms with Crippen LogP contribution in [0.3, 0.4) is 0 Å². The molecule has 0 amide bonds. The van der Waals surface area contributed by atoms with Gasteiger partial charge in [0.25, 0.3) is 0 Å². The highest BCUT2D eigenvalue weighted by Gasteiger charge is 2.03. The van der Waals surface area contributed by atoms with Crippen LogP contribution in [-0.2, 0) is 16.1 Å². The maximum absolute atomic E-state index is 5.89. The molecule has 0 N–H and O–H groups in total. The first-order valence-corrected chi connectivity index (χ1v) is 10.0. The van der Waals surface area contributed by atoms with Crippen LogP contribution in [0.5, 0.6) is 5.75 Å². The Morgan fingerprint density at radius 3 is 2.50 bits per heavy atom. The molecule has 0 aliphatic rings. The Labute approximate surface area is 160 Å². The standard InChI is InChI=1S/C23H36O3/c1-4-7-16-24-17-10-8-9-11-18-25-20-22-19-23(26-15-6-3)14-13-21(22)12-5-2/h5,7,12-14,16,19H,4,6,8-11,15,17-18,20H2,1-3H3/b12-5-,16-7-. The van der Waals surface area contributed by atoms with Gasteiger partial charge in [-0.3, -0.25) is 0 Å². The average Bonchev–Trinajstić information content (AvgIpc) is 2.66. The van der Waals surface area contributed by atoms with Gasteiger partial charge in [0.15, 0.2) is 0 Å². The number of hydrogen-bond donors (Lipinski definition) is 0. The van der Waals surface area contributed by atoms with Crippen LogP contribution in [0.25, 0.3) is 6.08 Å². The molecule has 0 saturated carbocycles. The SMILES string of the molecule is C/C=C\c1ccc(OCCC)cc1COCCCCCCO/C=C\CC. The average molecular weight is 361 g/mol. The van der Waals surface area contributed by atoms with E-state index in [4.69, 9.17) is 14.2 Å². The van der Waals surface area contributed by atoms with Crippen molar-refractivity contribution < 1.29 is 14.2 Å². The van der Waals surface area contributed by atoms with E-state index >= 15 is 0 Å². The van der Waals surface area contributed by atoms with Crippen molar-refractivity contribution in [1.29, 1.82) is 0 Å². The number of unbranched alkanes of at least 4 members (excludes halogenated alkanes) is 3. The molecular formula is C23H36O3. The van der Waals surface area contributed by atoms with E-state index in [1.165, 1.54) is 24.0 Å². The third-order valence-corrected chi connectivity index (χ3v) is 3.92. The molecule has 1 rings (SSSR count). The van der Waals surface area contributed by atoms with Gasteiger partial charge in [0.05, 0.1) is 26.1 Å². The summed E-state index contributed by atoms with van der Waals surface area (Å²) in [6.07, 6.45) is 14.6. The molecule has 146 valence electrons. The van der Waals surface area contributed by atoms with Crippen LogP contribution in [0.1, 0.15) is 70.4 Å². The van der Waals surface area contributed by atoms with E-state index in [-0.39, 0.29) is 0 Å². The fourth-order valence-corrected chi connectivity index (χ4v) is 2.52. The minimum absolute atomic E-state index is 0.633. The van der Waals surface area contributed by atoms with Crippen LogP contribution < -0.4 is 4.74 Å². The third-order valence-electron chi connectivity index (χ3n) is 3.92. The molecule has 26 heavy (non-hydrogen) atoms. The maximum atomic E-state index is 5.89. The highest BCUT2D eigenvalue weighted by molar-refractivity contribution is 5.55. The summed E-state index contributed by atoms with van der Waals surface area (Å²) in [5.74, 6) is 0.927. The molecule has 0 spiro atoms. The van der Waals surface area contributed by atoms with Gasteiger partial charge >= 0.3 is 0 Å². The summed E-state index contributed by atoms with van der Waals surface area (Å²) in [7, 11) is 0. The summed E-state index contributed by atoms with van der Waals surface area (Å²) in [5, 5.41) is 0. The van der Waals surface area contributed by atoms with E-state index in [9.17, 15) is 0 Å². The monoisotopic (exact) mass is 360 g/mol. The second-order valence-electron chi connectivity index (χ2n) is 6.33. The highest BCUT2D eigenvalue weighted by Crippen LogP contribution is 2.20. The zero-order chi connectivity index (χ0) is 18.9. The normalized spacial score (nSPS) is 11.5. The lowest BCUT2D eigenvalue weighted by molar-refractivity contribution is 0.116. The molecule has 0 heterocycles. The molecule has 0 aromatic heterocycles. The van der Waals surface area contributed by atoms with Crippen molar-refractivity contribution in [3.8, 4) is 5.75 Å². The number of allylic oxidation sites excluding steroid dienone is 2. The smallest absolute Gasteiger partial charge is 0.119 e. The van der Waals surface area contributed by atoms with Crippen LogP contribution in [0.15, 0.2) is 36.6 Å². The highest BCUT2D eigenvalue weighted by atomic mass is 16.5. The maximum Gasteiger partial charge on any atom is 0.119 e. The van der Waals surface area contributed by atoms with E-state index in [1.807, 2.05) is 25.3 Å². The predicted molar refractivity (Wildman–Crippen MR) is 110 cm³/mol. The van der Waals surface area contributed by atoms with Crippen molar-refractivity contribution in [2.24, 2.45) is 0 Å². The molecule has 1 aromatic rings. The van der Waals surface area contributed by atoms with E-state index in [0.29, 0.717) is 6.61 Å². The molecule has 3 heteroatoms. The summed E-state index contributed by atoms with van der Waals surface area (Å²) in [6.45, 7) is 9.26. The van der Waals surface area contributed by atoms with Crippen molar-refractivity contribution in [2.45, 2.75) is 65.9 Å². The van der Waals surface area contributed by atoms with Crippen LogP contribution in [-0.4, -0.2) is 19.8 Å². The van der Waals surface area contributed by atoms with Gasteiger partial charge in [-0.25, -0.2) is 0 Å². The molecular weight excluding hydrogens is 324 g/mol. The van der Waals surface area contributed by atoms with Gasteiger partial charge in [0.2, 0.25) is 0 Å². The quantitative estimate of drug-likeness (QED) is 0.263. The van der Waals surface area contributed by atoms with Gasteiger partial charge in [-0.05, 0) is 62.3 Å². The number of benzene rings is 1. The van der Waals surface area contributed by atoms with Crippen molar-refractivity contribution in [3.63, 3.8) is 0 Å². The lowest BCUT2D eigenvalue weighted by Gasteiger charge is -2.11. The Morgan fingerprint density at radius 1 is 0.962 bits per heavy atom. The first-order chi connectivity index (χ1) is 12.8. The largest absolute Gasteiger partial charge is 0.502 e. The second-order valence-corrected chi connectivity index (χ2v) is 6.33. The van der Waals surface area contributed by atoms with Gasteiger partial charge < -0.3 is 14.2 Å². The molecule has 0 fully saturated rings. The van der Waals surface area contributed by atoms with E-state index in [0.717, 1.165) is 51.3 Å². The topological polar surface area (TPSA) is 27.7 Å². The van der Waals surface area contributed by atoms with Crippen molar-refractivity contribution in [1.82, 2.24) is 0 Å². The number of ether oxygens (including phenoxy) is 3. The van der Waals surface area contributed by atoms with Crippen LogP contribution in [0.4, 0.5) is 0 Å². The Kier molecular flexibility index (Phi) is 13.3. The van der Waals surface area contributed by atoms with E-state index < -0.39 is 0 Å². The minimum Gasteiger partial charge on any atom is -0.502 e. The molecule has 1 aromatic carbocycles. The first kappa shape index (κ1) is 22.3. The fraction of sp³-hybridized carbons (Fsp3) is 0.565. The molecule has 0 unspecified atom stereocenters. The third kappa shape index (κ3) is 10.3. The van der Waals surface area contributed by atoms with Gasteiger partial charge in [-0.2, -0.15) is 0 Å². The van der Waals surface area contributed by atoms with Gasteiger partial charge in [0.1, 0.15) is 5.75 Å². The first-order valence-electron chi connectivity index (χ1n) is 10.0. The van der Waals surface area contributed by atoms with Gasteiger partial charge in [-0.1, -0.05) is 44.6 Å².